The van der Waals surface area contributed by atoms with Gasteiger partial charge in [-0.05, 0) is 22.0 Å². The third-order valence-corrected chi connectivity index (χ3v) is 3.00. The van der Waals surface area contributed by atoms with Gasteiger partial charge >= 0.3 is 5.97 Å². The molecule has 1 aromatic carbocycles. The molecule has 0 atom stereocenters. The van der Waals surface area contributed by atoms with Crippen molar-refractivity contribution in [3.8, 4) is 5.69 Å². The minimum atomic E-state index is -0.942. The standard InChI is InChI=1S/C12H7BrF2N2O3/c1-20-12(19)10-9(18)2-3-17(16-10)11-7(13)4-6(14)5-8(11)15/h2-5H,1H3. The van der Waals surface area contributed by atoms with Crippen molar-refractivity contribution in [2.24, 2.45) is 0 Å². The van der Waals surface area contributed by atoms with Gasteiger partial charge in [0.2, 0.25) is 11.1 Å². The fourth-order valence-corrected chi connectivity index (χ4v) is 2.11. The number of halogens is 3. The van der Waals surface area contributed by atoms with Gasteiger partial charge in [-0.25, -0.2) is 18.3 Å². The van der Waals surface area contributed by atoms with Gasteiger partial charge in [0.1, 0.15) is 11.5 Å². The lowest BCUT2D eigenvalue weighted by Gasteiger charge is -2.09. The molecule has 1 aromatic heterocycles. The lowest BCUT2D eigenvalue weighted by molar-refractivity contribution is 0.0590. The van der Waals surface area contributed by atoms with Crippen molar-refractivity contribution in [3.05, 3.63) is 56.4 Å². The number of benzene rings is 1. The number of methoxy groups -OCH3 is 1. The fourth-order valence-electron chi connectivity index (χ4n) is 1.52. The molecule has 2 aromatic rings. The van der Waals surface area contributed by atoms with E-state index in [2.05, 4.69) is 25.8 Å². The molecule has 0 radical (unpaired) electrons. The maximum Gasteiger partial charge on any atom is 0.362 e. The molecule has 1 heterocycles. The summed E-state index contributed by atoms with van der Waals surface area (Å²) in [4.78, 5) is 22.9. The summed E-state index contributed by atoms with van der Waals surface area (Å²) in [6.07, 6.45) is 1.16. The van der Waals surface area contributed by atoms with Crippen LogP contribution in [0.1, 0.15) is 10.5 Å². The lowest BCUT2D eigenvalue weighted by Crippen LogP contribution is -2.22. The van der Waals surface area contributed by atoms with E-state index in [9.17, 15) is 18.4 Å². The summed E-state index contributed by atoms with van der Waals surface area (Å²) in [5, 5.41) is 3.70. The number of esters is 1. The van der Waals surface area contributed by atoms with Crippen molar-refractivity contribution in [1.82, 2.24) is 9.78 Å². The Morgan fingerprint density at radius 1 is 1.40 bits per heavy atom. The third kappa shape index (κ3) is 2.60. The highest BCUT2D eigenvalue weighted by atomic mass is 79.9. The first-order valence-corrected chi connectivity index (χ1v) is 6.06. The molecule has 5 nitrogen and oxygen atoms in total. The summed E-state index contributed by atoms with van der Waals surface area (Å²) in [6, 6.07) is 2.74. The van der Waals surface area contributed by atoms with Gasteiger partial charge in [-0.3, -0.25) is 4.79 Å². The van der Waals surface area contributed by atoms with Crippen LogP contribution < -0.4 is 5.43 Å². The second kappa shape index (κ2) is 5.49. The van der Waals surface area contributed by atoms with Gasteiger partial charge in [0.05, 0.1) is 7.11 Å². The normalized spacial score (nSPS) is 10.4. The molecule has 0 fully saturated rings. The molecule has 0 unspecified atom stereocenters. The highest BCUT2D eigenvalue weighted by molar-refractivity contribution is 9.10. The second-order valence-corrected chi connectivity index (χ2v) is 4.54. The zero-order chi connectivity index (χ0) is 14.9. The summed E-state index contributed by atoms with van der Waals surface area (Å²) >= 11 is 3.00. The minimum Gasteiger partial charge on any atom is -0.464 e. The average Bonchev–Trinajstić information content (AvgIpc) is 2.38. The van der Waals surface area contributed by atoms with Gasteiger partial charge in [-0.1, -0.05) is 0 Å². The number of ether oxygens (including phenoxy) is 1. The molecule has 8 heteroatoms. The van der Waals surface area contributed by atoms with E-state index in [1.165, 1.54) is 0 Å². The summed E-state index contributed by atoms with van der Waals surface area (Å²) < 4.78 is 32.3. The molecular formula is C12H7BrF2N2O3. The largest absolute Gasteiger partial charge is 0.464 e. The van der Waals surface area contributed by atoms with Gasteiger partial charge in [0.25, 0.3) is 0 Å². The van der Waals surface area contributed by atoms with E-state index < -0.39 is 28.7 Å². The van der Waals surface area contributed by atoms with E-state index in [4.69, 9.17) is 0 Å². The van der Waals surface area contributed by atoms with E-state index in [1.807, 2.05) is 0 Å². The van der Waals surface area contributed by atoms with Crippen LogP contribution in [0.15, 0.2) is 33.7 Å². The molecule has 0 spiro atoms. The fraction of sp³-hybridized carbons (Fsp3) is 0.0833. The zero-order valence-electron chi connectivity index (χ0n) is 10.1. The maximum absolute atomic E-state index is 13.8. The molecule has 2 rings (SSSR count). The molecule has 0 aliphatic rings. The summed E-state index contributed by atoms with van der Waals surface area (Å²) in [7, 11) is 1.09. The quantitative estimate of drug-likeness (QED) is 0.782. The maximum atomic E-state index is 13.8. The number of rotatable bonds is 2. The summed E-state index contributed by atoms with van der Waals surface area (Å²) in [5.41, 5.74) is -1.28. The number of hydrogen-bond donors (Lipinski definition) is 0. The molecule has 0 saturated heterocycles. The molecule has 104 valence electrons. The Hall–Kier alpha value is -2.09. The predicted octanol–water partition coefficient (Wildman–Crippen LogP) is 2.06. The Morgan fingerprint density at radius 2 is 2.10 bits per heavy atom. The molecule has 0 aliphatic heterocycles. The Kier molecular flexibility index (Phi) is 3.93. The number of nitrogens with zero attached hydrogens (tertiary/aromatic N) is 2. The molecule has 0 bridgehead atoms. The van der Waals surface area contributed by atoms with Crippen molar-refractivity contribution >= 4 is 21.9 Å². The number of carbonyl (C=O) groups excluding carboxylic acids is 1. The van der Waals surface area contributed by atoms with E-state index in [1.54, 1.807) is 0 Å². The first-order valence-electron chi connectivity index (χ1n) is 5.27. The van der Waals surface area contributed by atoms with Gasteiger partial charge in [-0.15, -0.1) is 0 Å². The first kappa shape index (κ1) is 14.3. The van der Waals surface area contributed by atoms with Crippen LogP contribution in [0, 0.1) is 11.6 Å². The average molecular weight is 345 g/mol. The van der Waals surface area contributed by atoms with E-state index in [-0.39, 0.29) is 10.2 Å². The van der Waals surface area contributed by atoms with Gasteiger partial charge in [0, 0.05) is 22.8 Å². The van der Waals surface area contributed by atoms with Gasteiger partial charge < -0.3 is 4.74 Å². The Bertz CT molecular complexity index is 723. The van der Waals surface area contributed by atoms with Crippen molar-refractivity contribution in [1.29, 1.82) is 0 Å². The van der Waals surface area contributed by atoms with Crippen molar-refractivity contribution in [2.45, 2.75) is 0 Å². The van der Waals surface area contributed by atoms with Crippen LogP contribution >= 0.6 is 15.9 Å². The molecular weight excluding hydrogens is 338 g/mol. The number of hydrogen-bond acceptors (Lipinski definition) is 4. The highest BCUT2D eigenvalue weighted by Crippen LogP contribution is 2.24. The van der Waals surface area contributed by atoms with Gasteiger partial charge in [0.15, 0.2) is 5.82 Å². The van der Waals surface area contributed by atoms with Crippen molar-refractivity contribution in [2.75, 3.05) is 7.11 Å². The smallest absolute Gasteiger partial charge is 0.362 e. The van der Waals surface area contributed by atoms with E-state index in [0.717, 1.165) is 30.1 Å². The Labute approximate surface area is 119 Å². The third-order valence-electron chi connectivity index (χ3n) is 2.40. The van der Waals surface area contributed by atoms with Crippen LogP contribution in [0.2, 0.25) is 0 Å². The molecule has 20 heavy (non-hydrogen) atoms. The van der Waals surface area contributed by atoms with Crippen LogP contribution in [0.4, 0.5) is 8.78 Å². The molecule has 0 amide bonds. The monoisotopic (exact) mass is 344 g/mol. The SMILES string of the molecule is COC(=O)c1nn(-c2c(F)cc(F)cc2Br)ccc1=O. The van der Waals surface area contributed by atoms with Crippen LogP contribution in [0.5, 0.6) is 0 Å². The van der Waals surface area contributed by atoms with Crippen molar-refractivity contribution in [3.63, 3.8) is 0 Å². The summed E-state index contributed by atoms with van der Waals surface area (Å²) in [6.45, 7) is 0. The van der Waals surface area contributed by atoms with Crippen LogP contribution in [0.3, 0.4) is 0 Å². The predicted molar refractivity (Wildman–Crippen MR) is 68.8 cm³/mol. The highest BCUT2D eigenvalue weighted by Gasteiger charge is 2.17. The Morgan fingerprint density at radius 3 is 2.70 bits per heavy atom. The van der Waals surface area contributed by atoms with Crippen LogP contribution in [-0.4, -0.2) is 22.9 Å². The number of aromatic nitrogens is 2. The van der Waals surface area contributed by atoms with E-state index >= 15 is 0 Å². The Balaban J connectivity index is 2.66. The first-order chi connectivity index (χ1) is 9.43. The van der Waals surface area contributed by atoms with E-state index in [0.29, 0.717) is 6.07 Å². The number of carbonyl (C=O) groups is 1. The molecule has 0 N–H and O–H groups in total. The summed E-state index contributed by atoms with van der Waals surface area (Å²) in [5.74, 6) is -2.61. The molecule has 0 saturated carbocycles. The molecule has 0 aliphatic carbocycles. The topological polar surface area (TPSA) is 61.2 Å². The lowest BCUT2D eigenvalue weighted by atomic mass is 10.3. The zero-order valence-corrected chi connectivity index (χ0v) is 11.6. The van der Waals surface area contributed by atoms with Crippen LogP contribution in [-0.2, 0) is 4.74 Å². The second-order valence-electron chi connectivity index (χ2n) is 3.68. The van der Waals surface area contributed by atoms with Crippen molar-refractivity contribution < 1.29 is 18.3 Å². The van der Waals surface area contributed by atoms with Crippen LogP contribution in [0.25, 0.3) is 5.69 Å². The van der Waals surface area contributed by atoms with Gasteiger partial charge in [-0.2, -0.15) is 5.10 Å². The minimum absolute atomic E-state index is 0.0852.